The molecule has 1 heterocycles. The Morgan fingerprint density at radius 3 is 2.67 bits per heavy atom. The van der Waals surface area contributed by atoms with Crippen molar-refractivity contribution in [1.82, 2.24) is 4.98 Å². The number of pyridine rings is 1. The number of nitriles is 1. The molecule has 0 fully saturated rings. The third kappa shape index (κ3) is 1.80. The van der Waals surface area contributed by atoms with Crippen molar-refractivity contribution in [3.63, 3.8) is 0 Å². The van der Waals surface area contributed by atoms with Crippen LogP contribution in [0.3, 0.4) is 0 Å². The number of aromatic nitrogens is 1. The number of halogens is 2. The summed E-state index contributed by atoms with van der Waals surface area (Å²) in [6.07, 6.45) is -2.33. The van der Waals surface area contributed by atoms with Gasteiger partial charge in [0.05, 0.1) is 4.92 Å². The van der Waals surface area contributed by atoms with E-state index in [1.165, 1.54) is 6.07 Å². The third-order valence-electron chi connectivity index (χ3n) is 1.63. The number of alkyl halides is 2. The molecule has 8 heteroatoms. The fourth-order valence-electron chi connectivity index (χ4n) is 0.971. The summed E-state index contributed by atoms with van der Waals surface area (Å²) in [7, 11) is 0. The molecule has 0 saturated heterocycles. The van der Waals surface area contributed by atoms with Gasteiger partial charge < -0.3 is 5.73 Å². The molecule has 2 N–H and O–H groups in total. The molecular formula is C7H4F2N4O2. The monoisotopic (exact) mass is 214 g/mol. The Balaban J connectivity index is 3.53. The molecule has 0 aliphatic heterocycles. The van der Waals surface area contributed by atoms with E-state index in [2.05, 4.69) is 4.98 Å². The maximum atomic E-state index is 12.3. The van der Waals surface area contributed by atoms with Gasteiger partial charge in [0.15, 0.2) is 5.69 Å². The van der Waals surface area contributed by atoms with E-state index in [4.69, 9.17) is 11.0 Å². The molecule has 0 unspecified atom stereocenters. The number of anilines is 1. The van der Waals surface area contributed by atoms with Crippen molar-refractivity contribution in [3.8, 4) is 6.07 Å². The molecule has 1 aromatic rings. The first-order chi connectivity index (χ1) is 6.99. The molecule has 6 nitrogen and oxygen atoms in total. The van der Waals surface area contributed by atoms with Crippen molar-refractivity contribution in [3.05, 3.63) is 27.6 Å². The van der Waals surface area contributed by atoms with E-state index >= 15 is 0 Å². The summed E-state index contributed by atoms with van der Waals surface area (Å²) in [5, 5.41) is 18.9. The van der Waals surface area contributed by atoms with Gasteiger partial charge in [-0.1, -0.05) is 0 Å². The highest BCUT2D eigenvalue weighted by molar-refractivity contribution is 5.68. The Labute approximate surface area is 82.1 Å². The fourth-order valence-corrected chi connectivity index (χ4v) is 0.971. The molecule has 0 atom stereocenters. The first kappa shape index (κ1) is 10.8. The highest BCUT2D eigenvalue weighted by Gasteiger charge is 2.28. The molecule has 0 amide bonds. The van der Waals surface area contributed by atoms with Gasteiger partial charge in [0.25, 0.3) is 6.43 Å². The van der Waals surface area contributed by atoms with Crippen LogP contribution >= 0.6 is 0 Å². The largest absolute Gasteiger partial charge is 0.392 e. The molecule has 0 spiro atoms. The summed E-state index contributed by atoms with van der Waals surface area (Å²) in [6.45, 7) is 0. The number of nitrogen functional groups attached to an aromatic ring is 1. The van der Waals surface area contributed by atoms with Gasteiger partial charge in [0, 0.05) is 6.20 Å². The van der Waals surface area contributed by atoms with Crippen molar-refractivity contribution in [2.45, 2.75) is 6.43 Å². The van der Waals surface area contributed by atoms with Gasteiger partial charge in [-0.2, -0.15) is 5.26 Å². The molecule has 78 valence electrons. The molecule has 15 heavy (non-hydrogen) atoms. The van der Waals surface area contributed by atoms with Gasteiger partial charge in [-0.15, -0.1) is 0 Å². The molecule has 1 aromatic heterocycles. The Bertz CT molecular complexity index is 455. The first-order valence-corrected chi connectivity index (χ1v) is 3.60. The lowest BCUT2D eigenvalue weighted by Crippen LogP contribution is -2.05. The zero-order valence-corrected chi connectivity index (χ0v) is 7.15. The highest BCUT2D eigenvalue weighted by Crippen LogP contribution is 2.33. The third-order valence-corrected chi connectivity index (χ3v) is 1.63. The molecular weight excluding hydrogens is 210 g/mol. The summed E-state index contributed by atoms with van der Waals surface area (Å²) in [5.41, 5.74) is 2.26. The van der Waals surface area contributed by atoms with E-state index in [1.807, 2.05) is 0 Å². The Kier molecular flexibility index (Phi) is 2.75. The Morgan fingerprint density at radius 2 is 2.27 bits per heavy atom. The minimum Gasteiger partial charge on any atom is -0.392 e. The topological polar surface area (TPSA) is 106 Å². The minimum absolute atomic E-state index is 0.300. The highest BCUT2D eigenvalue weighted by atomic mass is 19.3. The molecule has 0 aliphatic rings. The van der Waals surface area contributed by atoms with Crippen molar-refractivity contribution >= 4 is 11.4 Å². The summed E-state index contributed by atoms with van der Waals surface area (Å²) < 4.78 is 24.6. The van der Waals surface area contributed by atoms with Gasteiger partial charge >= 0.3 is 5.69 Å². The van der Waals surface area contributed by atoms with Crippen LogP contribution in [0.15, 0.2) is 6.20 Å². The predicted molar refractivity (Wildman–Crippen MR) is 45.0 cm³/mol. The van der Waals surface area contributed by atoms with Crippen molar-refractivity contribution in [2.24, 2.45) is 0 Å². The average molecular weight is 214 g/mol. The van der Waals surface area contributed by atoms with E-state index in [0.717, 1.165) is 6.20 Å². The quantitative estimate of drug-likeness (QED) is 0.591. The number of hydrogen-bond acceptors (Lipinski definition) is 5. The second-order valence-corrected chi connectivity index (χ2v) is 2.49. The zero-order valence-electron chi connectivity index (χ0n) is 7.15. The van der Waals surface area contributed by atoms with E-state index in [9.17, 15) is 18.9 Å². The SMILES string of the molecule is N#Cc1cnc(C(F)F)c([N+](=O)[O-])c1N. The Morgan fingerprint density at radius 1 is 1.67 bits per heavy atom. The van der Waals surface area contributed by atoms with Crippen LogP contribution in [0.25, 0.3) is 0 Å². The van der Waals surface area contributed by atoms with Gasteiger partial charge in [-0.3, -0.25) is 10.1 Å². The van der Waals surface area contributed by atoms with E-state index < -0.39 is 28.4 Å². The van der Waals surface area contributed by atoms with Crippen LogP contribution in [0.2, 0.25) is 0 Å². The molecule has 0 bridgehead atoms. The van der Waals surface area contributed by atoms with Crippen molar-refractivity contribution in [1.29, 1.82) is 5.26 Å². The lowest BCUT2D eigenvalue weighted by atomic mass is 10.2. The average Bonchev–Trinajstić information content (AvgIpc) is 2.16. The minimum atomic E-state index is -3.11. The summed E-state index contributed by atoms with van der Waals surface area (Å²) in [6, 6.07) is 1.52. The number of nitrogens with zero attached hydrogens (tertiary/aromatic N) is 3. The van der Waals surface area contributed by atoms with E-state index in [-0.39, 0.29) is 5.56 Å². The van der Waals surface area contributed by atoms with E-state index in [1.54, 1.807) is 0 Å². The molecule has 1 rings (SSSR count). The normalized spacial score (nSPS) is 10.0. The fraction of sp³-hybridized carbons (Fsp3) is 0.143. The second kappa shape index (κ2) is 3.83. The van der Waals surface area contributed by atoms with Crippen LogP contribution in [0.4, 0.5) is 20.2 Å². The molecule has 0 saturated carbocycles. The van der Waals surface area contributed by atoms with E-state index in [0.29, 0.717) is 0 Å². The van der Waals surface area contributed by atoms with Crippen LogP contribution < -0.4 is 5.73 Å². The maximum Gasteiger partial charge on any atom is 0.320 e. The van der Waals surface area contributed by atoms with Gasteiger partial charge in [-0.05, 0) is 0 Å². The standard InChI is InChI=1S/C7H4F2N4O2/c8-7(9)5-6(13(14)15)4(11)3(1-10)2-12-5/h2,7H,(H2,11,12). The van der Waals surface area contributed by atoms with Crippen molar-refractivity contribution in [2.75, 3.05) is 5.73 Å². The van der Waals surface area contributed by atoms with Gasteiger partial charge in [0.1, 0.15) is 17.3 Å². The summed E-state index contributed by atoms with van der Waals surface area (Å²) >= 11 is 0. The number of nitro groups is 1. The van der Waals surface area contributed by atoms with Gasteiger partial charge in [0.2, 0.25) is 0 Å². The van der Waals surface area contributed by atoms with Gasteiger partial charge in [-0.25, -0.2) is 13.8 Å². The first-order valence-electron chi connectivity index (χ1n) is 3.60. The van der Waals surface area contributed by atoms with Crippen molar-refractivity contribution < 1.29 is 13.7 Å². The smallest absolute Gasteiger partial charge is 0.320 e. The number of nitrogens with two attached hydrogens (primary N) is 1. The van der Waals surface area contributed by atoms with Crippen LogP contribution in [0.1, 0.15) is 17.7 Å². The van der Waals surface area contributed by atoms with Crippen LogP contribution in [0.5, 0.6) is 0 Å². The number of rotatable bonds is 2. The second-order valence-electron chi connectivity index (χ2n) is 2.49. The molecule has 0 aliphatic carbocycles. The lowest BCUT2D eigenvalue weighted by molar-refractivity contribution is -0.385. The zero-order chi connectivity index (χ0) is 11.6. The van der Waals surface area contributed by atoms with Crippen LogP contribution in [0, 0.1) is 21.4 Å². The predicted octanol–water partition coefficient (Wildman–Crippen LogP) is 1.38. The van der Waals surface area contributed by atoms with Crippen LogP contribution in [-0.4, -0.2) is 9.91 Å². The number of hydrogen-bond donors (Lipinski definition) is 1. The maximum absolute atomic E-state index is 12.3. The molecule has 0 aromatic carbocycles. The summed E-state index contributed by atoms with van der Waals surface area (Å²) in [4.78, 5) is 12.5. The Hall–Kier alpha value is -2.30. The summed E-state index contributed by atoms with van der Waals surface area (Å²) in [5.74, 6) is 0. The van der Waals surface area contributed by atoms with Crippen LogP contribution in [-0.2, 0) is 0 Å². The lowest BCUT2D eigenvalue weighted by Gasteiger charge is -2.03. The molecule has 0 radical (unpaired) electrons.